The van der Waals surface area contributed by atoms with Crippen molar-refractivity contribution in [1.82, 2.24) is 10.3 Å². The fraction of sp³-hybridized carbons (Fsp3) is 0.0167. The minimum Gasteiger partial charge on any atom is -0.456 e. The van der Waals surface area contributed by atoms with Crippen LogP contribution in [0.2, 0.25) is 0 Å². The monoisotopic (exact) mass is 844 g/mol. The van der Waals surface area contributed by atoms with Crippen molar-refractivity contribution in [3.05, 3.63) is 223 Å². The van der Waals surface area contributed by atoms with Crippen LogP contribution in [0.4, 0.5) is 0 Å². The van der Waals surface area contributed by atoms with E-state index in [0.717, 1.165) is 132 Å². The number of aromatic nitrogens is 1. The molecular weight excluding hydrogens is 809 g/mol. The Morgan fingerprint density at radius 2 is 1.05 bits per heavy atom. The Kier molecular flexibility index (Phi) is 7.94. The highest BCUT2D eigenvalue weighted by atomic mass is 16.3. The molecule has 0 saturated carbocycles. The molecule has 13 aromatic rings. The van der Waals surface area contributed by atoms with Gasteiger partial charge in [-0.25, -0.2) is 15.0 Å². The third kappa shape index (κ3) is 5.58. The van der Waals surface area contributed by atoms with Crippen LogP contribution in [0.15, 0.2) is 225 Å². The quantitative estimate of drug-likeness (QED) is 0.175. The molecule has 308 valence electrons. The molecule has 0 radical (unpaired) electrons. The van der Waals surface area contributed by atoms with Gasteiger partial charge in [-0.2, -0.15) is 0 Å². The molecule has 0 aliphatic carbocycles. The molecule has 14 rings (SSSR count). The zero-order valence-electron chi connectivity index (χ0n) is 35.4. The summed E-state index contributed by atoms with van der Waals surface area (Å²) in [4.78, 5) is 16.2. The first-order valence-corrected chi connectivity index (χ1v) is 22.3. The van der Waals surface area contributed by atoms with Gasteiger partial charge in [0.25, 0.3) is 0 Å². The second-order valence-electron chi connectivity index (χ2n) is 17.0. The van der Waals surface area contributed by atoms with E-state index < -0.39 is 6.17 Å². The van der Waals surface area contributed by atoms with Crippen molar-refractivity contribution in [2.75, 3.05) is 0 Å². The molecule has 0 saturated heterocycles. The number of furan rings is 2. The number of nitrogens with one attached hydrogen (secondary N) is 1. The largest absolute Gasteiger partial charge is 0.456 e. The summed E-state index contributed by atoms with van der Waals surface area (Å²) in [7, 11) is 0. The lowest BCUT2D eigenvalue weighted by atomic mass is 9.88. The molecule has 0 spiro atoms. The third-order valence-corrected chi connectivity index (χ3v) is 13.3. The van der Waals surface area contributed by atoms with Gasteiger partial charge in [0, 0.05) is 71.1 Å². The molecule has 1 aliphatic rings. The first kappa shape index (κ1) is 36.6. The van der Waals surface area contributed by atoms with E-state index in [-0.39, 0.29) is 0 Å². The van der Waals surface area contributed by atoms with E-state index in [0.29, 0.717) is 5.84 Å². The molecule has 0 bridgehead atoms. The summed E-state index contributed by atoms with van der Waals surface area (Å²) < 4.78 is 13.6. The summed E-state index contributed by atoms with van der Waals surface area (Å²) in [6.07, 6.45) is -0.397. The van der Waals surface area contributed by atoms with Gasteiger partial charge in [-0.1, -0.05) is 176 Å². The predicted molar refractivity (Wildman–Crippen MR) is 272 cm³/mol. The summed E-state index contributed by atoms with van der Waals surface area (Å²) in [5.74, 6) is 1.41. The van der Waals surface area contributed by atoms with Crippen LogP contribution < -0.4 is 5.32 Å². The fourth-order valence-corrected chi connectivity index (χ4v) is 10.3. The number of rotatable bonds is 5. The molecular formula is C60H36N4O2. The second-order valence-corrected chi connectivity index (χ2v) is 17.0. The number of hydrogen-bond acceptors (Lipinski definition) is 6. The van der Waals surface area contributed by atoms with E-state index >= 15 is 0 Å². The molecule has 1 unspecified atom stereocenters. The van der Waals surface area contributed by atoms with E-state index in [1.165, 1.54) is 0 Å². The Bertz CT molecular complexity index is 4220. The van der Waals surface area contributed by atoms with Gasteiger partial charge in [0.05, 0.1) is 11.2 Å². The highest BCUT2D eigenvalue weighted by molar-refractivity contribution is 6.30. The maximum atomic E-state index is 6.79. The molecule has 3 aromatic heterocycles. The number of fused-ring (bicyclic) bond motifs is 11. The average molecular weight is 845 g/mol. The van der Waals surface area contributed by atoms with Gasteiger partial charge in [-0.3, -0.25) is 0 Å². The molecule has 0 amide bonds. The number of aliphatic imine (C=N–C) groups is 2. The zero-order chi connectivity index (χ0) is 43.3. The Balaban J connectivity index is 1.02. The molecule has 6 nitrogen and oxygen atoms in total. The van der Waals surface area contributed by atoms with Crippen molar-refractivity contribution >= 4 is 98.8 Å². The number of nitrogens with zero attached hydrogens (tertiary/aromatic N) is 3. The summed E-state index contributed by atoms with van der Waals surface area (Å²) in [6, 6.07) is 72.0. The molecule has 10 aromatic carbocycles. The predicted octanol–water partition coefficient (Wildman–Crippen LogP) is 15.3. The van der Waals surface area contributed by atoms with Gasteiger partial charge in [-0.15, -0.1) is 0 Å². The van der Waals surface area contributed by atoms with Crippen LogP contribution >= 0.6 is 0 Å². The number of pyridine rings is 1. The Morgan fingerprint density at radius 3 is 1.91 bits per heavy atom. The van der Waals surface area contributed by atoms with Crippen molar-refractivity contribution in [3.8, 4) is 22.4 Å². The molecule has 6 heteroatoms. The summed E-state index contributed by atoms with van der Waals surface area (Å²) in [5, 5.41) is 15.7. The van der Waals surface area contributed by atoms with Gasteiger partial charge in [-0.05, 0) is 51.9 Å². The molecule has 0 fully saturated rings. The van der Waals surface area contributed by atoms with Crippen molar-refractivity contribution in [2.24, 2.45) is 9.98 Å². The lowest BCUT2D eigenvalue weighted by Crippen LogP contribution is -2.33. The summed E-state index contributed by atoms with van der Waals surface area (Å²) in [5.41, 5.74) is 11.0. The Labute approximate surface area is 377 Å². The maximum Gasteiger partial charge on any atom is 0.160 e. The minimum atomic E-state index is -0.397. The summed E-state index contributed by atoms with van der Waals surface area (Å²) in [6.45, 7) is 0. The second kappa shape index (κ2) is 14.3. The topological polar surface area (TPSA) is 75.9 Å². The fourth-order valence-electron chi connectivity index (χ4n) is 10.3. The van der Waals surface area contributed by atoms with Crippen LogP contribution in [-0.4, -0.2) is 16.7 Å². The highest BCUT2D eigenvalue weighted by Crippen LogP contribution is 2.49. The van der Waals surface area contributed by atoms with Crippen molar-refractivity contribution in [3.63, 3.8) is 0 Å². The maximum absolute atomic E-state index is 6.79. The first-order valence-electron chi connectivity index (χ1n) is 22.3. The SMILES string of the molecule is c1cc(C2=NC(c3cccc4ccccc34)=NC(c3cccc4ccccc34)N2)cc(-c2nc3ccccc3c3c(-c4cccc5c4oc4ccccc45)c4c(cc23)oc2ccccc24)c1. The first-order chi connectivity index (χ1) is 32.7. The minimum absolute atomic E-state index is 0.397. The van der Waals surface area contributed by atoms with Gasteiger partial charge in [0.1, 0.15) is 34.3 Å². The van der Waals surface area contributed by atoms with Crippen molar-refractivity contribution in [2.45, 2.75) is 6.17 Å². The van der Waals surface area contributed by atoms with Crippen molar-refractivity contribution < 1.29 is 8.83 Å². The van der Waals surface area contributed by atoms with Gasteiger partial charge < -0.3 is 14.2 Å². The van der Waals surface area contributed by atoms with Crippen LogP contribution in [0.25, 0.3) is 109 Å². The van der Waals surface area contributed by atoms with Gasteiger partial charge in [0.15, 0.2) is 5.84 Å². The Hall–Kier alpha value is -8.87. The number of amidine groups is 2. The van der Waals surface area contributed by atoms with Crippen LogP contribution in [0.5, 0.6) is 0 Å². The highest BCUT2D eigenvalue weighted by Gasteiger charge is 2.26. The lowest BCUT2D eigenvalue weighted by molar-refractivity contribution is 0.669. The van der Waals surface area contributed by atoms with Crippen molar-refractivity contribution in [1.29, 1.82) is 0 Å². The molecule has 66 heavy (non-hydrogen) atoms. The third-order valence-electron chi connectivity index (χ3n) is 13.3. The smallest absolute Gasteiger partial charge is 0.160 e. The number of hydrogen-bond donors (Lipinski definition) is 1. The zero-order valence-corrected chi connectivity index (χ0v) is 35.4. The number of benzene rings is 10. The lowest BCUT2D eigenvalue weighted by Gasteiger charge is -2.25. The van der Waals surface area contributed by atoms with Crippen LogP contribution in [0.3, 0.4) is 0 Å². The molecule has 4 heterocycles. The van der Waals surface area contributed by atoms with Crippen LogP contribution in [0, 0.1) is 0 Å². The van der Waals surface area contributed by atoms with Crippen LogP contribution in [0.1, 0.15) is 22.9 Å². The number of para-hydroxylation sites is 4. The van der Waals surface area contributed by atoms with E-state index in [4.69, 9.17) is 23.8 Å². The van der Waals surface area contributed by atoms with Gasteiger partial charge in [0.2, 0.25) is 0 Å². The molecule has 1 aliphatic heterocycles. The van der Waals surface area contributed by atoms with Crippen LogP contribution in [-0.2, 0) is 0 Å². The standard InChI is InChI=1S/C60H36N4O2/c1-3-21-39-35(15-1)17-12-27-43(39)59-62-58(63-60(64-59)44-28-13-18-36-16-2-4-22-40(36)44)38-20-11-19-37(33-38)56-48-34-52-54(46-25-7-10-32-51(46)65-52)55(53(48)45-24-5-8-30-49(45)61-56)47-29-14-26-42-41-23-6-9-31-50(41)66-57(42)47/h1-34,59H,(H,62,63,64). The average Bonchev–Trinajstić information content (AvgIpc) is 3.96. The summed E-state index contributed by atoms with van der Waals surface area (Å²) >= 11 is 0. The van der Waals surface area contributed by atoms with E-state index in [1.807, 2.05) is 24.3 Å². The van der Waals surface area contributed by atoms with E-state index in [1.54, 1.807) is 0 Å². The van der Waals surface area contributed by atoms with E-state index in [2.05, 4.69) is 187 Å². The van der Waals surface area contributed by atoms with E-state index in [9.17, 15) is 0 Å². The Morgan fingerprint density at radius 1 is 0.424 bits per heavy atom. The normalized spacial score (nSPS) is 14.2. The molecule has 1 N–H and O–H groups in total. The molecule has 1 atom stereocenters. The van der Waals surface area contributed by atoms with Gasteiger partial charge >= 0.3 is 0 Å².